The molecule has 2 aromatic carbocycles. The number of aryl methyl sites for hydroxylation is 1. The maximum absolute atomic E-state index is 12.4. The minimum Gasteiger partial charge on any atom is -0.350 e. The van der Waals surface area contributed by atoms with Crippen LogP contribution in [0.4, 0.5) is 0 Å². The van der Waals surface area contributed by atoms with E-state index in [0.717, 1.165) is 36.9 Å². The Bertz CT molecular complexity index is 881. The average Bonchev–Trinajstić information content (AvgIpc) is 3.06. The third-order valence-corrected chi connectivity index (χ3v) is 4.78. The molecule has 1 heterocycles. The smallest absolute Gasteiger partial charge is 0.272 e. The molecule has 0 fully saturated rings. The molecule has 2 N–H and O–H groups in total. The van der Waals surface area contributed by atoms with E-state index in [1.807, 2.05) is 6.07 Å². The van der Waals surface area contributed by atoms with Crippen LogP contribution in [0.3, 0.4) is 0 Å². The molecule has 0 atom stereocenters. The van der Waals surface area contributed by atoms with Crippen LogP contribution in [-0.4, -0.2) is 22.6 Å². The summed E-state index contributed by atoms with van der Waals surface area (Å²) in [6.07, 6.45) is 5.11. The van der Waals surface area contributed by atoms with Crippen molar-refractivity contribution in [2.45, 2.75) is 32.1 Å². The van der Waals surface area contributed by atoms with E-state index >= 15 is 0 Å². The molecule has 3 aromatic rings. The van der Waals surface area contributed by atoms with Gasteiger partial charge in [0.25, 0.3) is 5.91 Å². The number of nitrogens with one attached hydrogen (secondary N) is 2. The number of carbonyl (C=O) groups is 1. The normalized spacial score (nSPS) is 13.7. The number of rotatable bonds is 4. The minimum atomic E-state index is -0.0600. The highest BCUT2D eigenvalue weighted by atomic mass is 16.1. The van der Waals surface area contributed by atoms with E-state index in [9.17, 15) is 4.79 Å². The summed E-state index contributed by atoms with van der Waals surface area (Å²) in [5, 5.41) is 12.7. The van der Waals surface area contributed by atoms with E-state index in [-0.39, 0.29) is 5.91 Å². The van der Waals surface area contributed by atoms with Crippen LogP contribution in [0.15, 0.2) is 42.5 Å². The van der Waals surface area contributed by atoms with E-state index < -0.39 is 0 Å². The number of hydrogen-bond acceptors (Lipinski definition) is 2. The van der Waals surface area contributed by atoms with Crippen molar-refractivity contribution in [3.63, 3.8) is 0 Å². The fraction of sp³-hybridized carbons (Fsp3) is 0.300. The van der Waals surface area contributed by atoms with Crippen LogP contribution in [-0.2, 0) is 19.3 Å². The fourth-order valence-corrected chi connectivity index (χ4v) is 3.47. The summed E-state index contributed by atoms with van der Waals surface area (Å²) in [6.45, 7) is 0.624. The Kier molecular flexibility index (Phi) is 4.03. The molecular formula is C20H21N3O. The number of hydrogen-bond donors (Lipinski definition) is 2. The zero-order valence-electron chi connectivity index (χ0n) is 13.6. The molecule has 0 aliphatic heterocycles. The van der Waals surface area contributed by atoms with Crippen molar-refractivity contribution in [3.8, 4) is 0 Å². The van der Waals surface area contributed by atoms with Gasteiger partial charge in [0.15, 0.2) is 5.69 Å². The lowest BCUT2D eigenvalue weighted by Gasteiger charge is -2.11. The Morgan fingerprint density at radius 2 is 1.92 bits per heavy atom. The molecule has 1 aromatic heterocycles. The molecule has 0 unspecified atom stereocenters. The van der Waals surface area contributed by atoms with Crippen LogP contribution in [0.5, 0.6) is 0 Å². The Balaban J connectivity index is 1.39. The van der Waals surface area contributed by atoms with E-state index in [2.05, 4.69) is 51.9 Å². The third kappa shape index (κ3) is 2.92. The maximum Gasteiger partial charge on any atom is 0.272 e. The van der Waals surface area contributed by atoms with E-state index in [1.165, 1.54) is 22.8 Å². The van der Waals surface area contributed by atoms with Crippen molar-refractivity contribution >= 4 is 16.7 Å². The lowest BCUT2D eigenvalue weighted by atomic mass is 9.96. The van der Waals surface area contributed by atoms with Crippen molar-refractivity contribution in [2.24, 2.45) is 0 Å². The second kappa shape index (κ2) is 6.48. The van der Waals surface area contributed by atoms with E-state index in [0.29, 0.717) is 12.2 Å². The number of aromatic nitrogens is 2. The first-order valence-electron chi connectivity index (χ1n) is 8.63. The topological polar surface area (TPSA) is 57.8 Å². The van der Waals surface area contributed by atoms with Gasteiger partial charge in [-0.25, -0.2) is 0 Å². The zero-order chi connectivity index (χ0) is 16.4. The Morgan fingerprint density at radius 1 is 1.08 bits per heavy atom. The SMILES string of the molecule is O=C(NCCc1ccc2ccccc2c1)c1n[nH]c2c1CCCC2. The fourth-order valence-electron chi connectivity index (χ4n) is 3.47. The van der Waals surface area contributed by atoms with Crippen LogP contribution in [0.25, 0.3) is 10.8 Å². The maximum atomic E-state index is 12.4. The zero-order valence-corrected chi connectivity index (χ0v) is 13.6. The summed E-state index contributed by atoms with van der Waals surface area (Å²) in [7, 11) is 0. The molecule has 1 aliphatic rings. The summed E-state index contributed by atoms with van der Waals surface area (Å²) in [5.74, 6) is -0.0600. The van der Waals surface area contributed by atoms with Crippen LogP contribution < -0.4 is 5.32 Å². The molecular weight excluding hydrogens is 298 g/mol. The van der Waals surface area contributed by atoms with Gasteiger partial charge in [-0.3, -0.25) is 9.89 Å². The molecule has 0 saturated heterocycles. The number of aromatic amines is 1. The predicted octanol–water partition coefficient (Wildman–Crippen LogP) is 3.41. The lowest BCUT2D eigenvalue weighted by molar-refractivity contribution is 0.0948. The number of carbonyl (C=O) groups excluding carboxylic acids is 1. The Morgan fingerprint density at radius 3 is 2.83 bits per heavy atom. The van der Waals surface area contributed by atoms with Gasteiger partial charge in [0.2, 0.25) is 0 Å². The van der Waals surface area contributed by atoms with E-state index in [1.54, 1.807) is 0 Å². The first-order valence-corrected chi connectivity index (χ1v) is 8.63. The predicted molar refractivity (Wildman–Crippen MR) is 95.2 cm³/mol. The molecule has 0 spiro atoms. The summed E-state index contributed by atoms with van der Waals surface area (Å²) in [6, 6.07) is 14.8. The molecule has 4 rings (SSSR count). The highest BCUT2D eigenvalue weighted by Gasteiger charge is 2.21. The molecule has 4 heteroatoms. The molecule has 0 bridgehead atoms. The summed E-state index contributed by atoms with van der Waals surface area (Å²) in [4.78, 5) is 12.4. The molecule has 1 amide bonds. The Hall–Kier alpha value is -2.62. The second-order valence-corrected chi connectivity index (χ2v) is 6.42. The minimum absolute atomic E-state index is 0.0600. The van der Waals surface area contributed by atoms with Crippen LogP contribution >= 0.6 is 0 Å². The number of fused-ring (bicyclic) bond motifs is 2. The van der Waals surface area contributed by atoms with Gasteiger partial charge >= 0.3 is 0 Å². The summed E-state index contributed by atoms with van der Waals surface area (Å²) >= 11 is 0. The quantitative estimate of drug-likeness (QED) is 0.774. The molecule has 1 aliphatic carbocycles. The van der Waals surface area contributed by atoms with Crippen molar-refractivity contribution in [1.82, 2.24) is 15.5 Å². The number of H-pyrrole nitrogens is 1. The highest BCUT2D eigenvalue weighted by molar-refractivity contribution is 5.94. The number of nitrogens with zero attached hydrogens (tertiary/aromatic N) is 1. The van der Waals surface area contributed by atoms with Crippen LogP contribution in [0.2, 0.25) is 0 Å². The first kappa shape index (κ1) is 14.9. The van der Waals surface area contributed by atoms with Crippen LogP contribution in [0, 0.1) is 0 Å². The number of benzene rings is 2. The monoisotopic (exact) mass is 319 g/mol. The van der Waals surface area contributed by atoms with Gasteiger partial charge in [-0.2, -0.15) is 5.10 Å². The highest BCUT2D eigenvalue weighted by Crippen LogP contribution is 2.22. The summed E-state index contributed by atoms with van der Waals surface area (Å²) < 4.78 is 0. The van der Waals surface area contributed by atoms with Gasteiger partial charge in [-0.15, -0.1) is 0 Å². The van der Waals surface area contributed by atoms with Gasteiger partial charge in [0.1, 0.15) is 0 Å². The van der Waals surface area contributed by atoms with Crippen molar-refractivity contribution in [2.75, 3.05) is 6.54 Å². The second-order valence-electron chi connectivity index (χ2n) is 6.42. The third-order valence-electron chi connectivity index (χ3n) is 4.78. The molecule has 0 saturated carbocycles. The first-order chi connectivity index (χ1) is 11.8. The molecule has 4 nitrogen and oxygen atoms in total. The van der Waals surface area contributed by atoms with Gasteiger partial charge in [0, 0.05) is 17.8 Å². The molecule has 24 heavy (non-hydrogen) atoms. The van der Waals surface area contributed by atoms with Gasteiger partial charge in [-0.1, -0.05) is 42.5 Å². The van der Waals surface area contributed by atoms with Crippen molar-refractivity contribution in [3.05, 3.63) is 65.0 Å². The lowest BCUT2D eigenvalue weighted by Crippen LogP contribution is -2.27. The van der Waals surface area contributed by atoms with Crippen LogP contribution in [0.1, 0.15) is 40.2 Å². The standard InChI is InChI=1S/C20H21N3O/c24-20(19-17-7-3-4-8-18(17)22-23-19)21-12-11-14-9-10-15-5-1-2-6-16(15)13-14/h1-2,5-6,9-10,13H,3-4,7-8,11-12H2,(H,21,24)(H,22,23). The van der Waals surface area contributed by atoms with Gasteiger partial charge in [-0.05, 0) is 48.4 Å². The van der Waals surface area contributed by atoms with Gasteiger partial charge < -0.3 is 5.32 Å². The summed E-state index contributed by atoms with van der Waals surface area (Å²) in [5.41, 5.74) is 4.08. The van der Waals surface area contributed by atoms with Crippen molar-refractivity contribution < 1.29 is 4.79 Å². The number of amides is 1. The molecule has 122 valence electrons. The van der Waals surface area contributed by atoms with Crippen molar-refractivity contribution in [1.29, 1.82) is 0 Å². The Labute approximate surface area is 141 Å². The molecule has 0 radical (unpaired) electrons. The largest absolute Gasteiger partial charge is 0.350 e. The van der Waals surface area contributed by atoms with E-state index in [4.69, 9.17) is 0 Å². The average molecular weight is 319 g/mol. The van der Waals surface area contributed by atoms with Gasteiger partial charge in [0.05, 0.1) is 0 Å².